The van der Waals surface area contributed by atoms with E-state index in [1.54, 1.807) is 7.11 Å². The topological polar surface area (TPSA) is 91.2 Å². The Morgan fingerprint density at radius 1 is 1.06 bits per heavy atom. The average Bonchev–Trinajstić information content (AvgIpc) is 3.44. The second-order valence-electron chi connectivity index (χ2n) is 8.47. The van der Waals surface area contributed by atoms with Gasteiger partial charge in [0.2, 0.25) is 0 Å². The van der Waals surface area contributed by atoms with Crippen LogP contribution in [0.1, 0.15) is 46.0 Å². The first-order chi connectivity index (χ1) is 15.6. The number of allylic oxidation sites excluding steroid dienone is 1. The summed E-state index contributed by atoms with van der Waals surface area (Å²) in [6, 6.07) is 4.22. The van der Waals surface area contributed by atoms with Crippen LogP contribution in [0.3, 0.4) is 0 Å². The van der Waals surface area contributed by atoms with E-state index in [0.29, 0.717) is 6.67 Å². The van der Waals surface area contributed by atoms with E-state index < -0.39 is 0 Å². The van der Waals surface area contributed by atoms with Crippen LogP contribution in [0.15, 0.2) is 27.7 Å². The third kappa shape index (κ3) is 2.60. The number of hydrogen-bond acceptors (Lipinski definition) is 5. The summed E-state index contributed by atoms with van der Waals surface area (Å²) in [7, 11) is 1.70. The number of aliphatic imine (C=N–C) groups is 1. The highest BCUT2D eigenvalue weighted by atomic mass is 16.5. The van der Waals surface area contributed by atoms with Crippen LogP contribution in [0.25, 0.3) is 28.1 Å². The van der Waals surface area contributed by atoms with E-state index in [2.05, 4.69) is 51.6 Å². The first-order valence-corrected chi connectivity index (χ1v) is 10.9. The maximum atomic E-state index is 5.83. The summed E-state index contributed by atoms with van der Waals surface area (Å²) in [4.78, 5) is 12.1. The fourth-order valence-corrected chi connectivity index (χ4v) is 5.14. The van der Waals surface area contributed by atoms with E-state index >= 15 is 0 Å². The summed E-state index contributed by atoms with van der Waals surface area (Å²) in [6.07, 6.45) is 6.58. The SMILES string of the molecule is COc1cc2c3c([nH]c2cc1-c1c(C)noc1C)NCN=C3c1c(C)[nH]c2c1C=CCC2. The number of benzene rings is 1. The van der Waals surface area contributed by atoms with E-state index in [-0.39, 0.29) is 0 Å². The number of nitrogens with zero attached hydrogens (tertiary/aromatic N) is 2. The molecule has 6 rings (SSSR count). The maximum Gasteiger partial charge on any atom is 0.141 e. The summed E-state index contributed by atoms with van der Waals surface area (Å²) in [5, 5.41) is 8.62. The molecule has 32 heavy (non-hydrogen) atoms. The van der Waals surface area contributed by atoms with Crippen LogP contribution in [0.2, 0.25) is 0 Å². The maximum absolute atomic E-state index is 5.83. The third-order valence-electron chi connectivity index (χ3n) is 6.54. The Bertz CT molecular complexity index is 1430. The molecular formula is C25H25N5O2. The molecule has 0 atom stereocenters. The Morgan fingerprint density at radius 3 is 2.72 bits per heavy atom. The Hall–Kier alpha value is -3.74. The molecule has 0 unspecified atom stereocenters. The zero-order valence-corrected chi connectivity index (χ0v) is 18.6. The van der Waals surface area contributed by atoms with Crippen molar-refractivity contribution in [2.24, 2.45) is 4.99 Å². The minimum absolute atomic E-state index is 0.534. The van der Waals surface area contributed by atoms with E-state index in [0.717, 1.165) is 74.9 Å². The number of H-pyrrole nitrogens is 2. The zero-order chi connectivity index (χ0) is 22.0. The highest BCUT2D eigenvalue weighted by Gasteiger charge is 2.28. The van der Waals surface area contributed by atoms with E-state index in [1.165, 1.54) is 16.8 Å². The molecule has 0 spiro atoms. The minimum atomic E-state index is 0.534. The molecule has 162 valence electrons. The molecule has 2 aliphatic rings. The van der Waals surface area contributed by atoms with Crippen molar-refractivity contribution in [3.8, 4) is 16.9 Å². The Labute approximate surface area is 185 Å². The Kier molecular flexibility index (Phi) is 4.08. The van der Waals surface area contributed by atoms with Crippen molar-refractivity contribution < 1.29 is 9.26 Å². The number of nitrogens with one attached hydrogen (secondary N) is 3. The monoisotopic (exact) mass is 427 g/mol. The first-order valence-electron chi connectivity index (χ1n) is 10.9. The van der Waals surface area contributed by atoms with Gasteiger partial charge in [0.15, 0.2) is 0 Å². The highest BCUT2D eigenvalue weighted by Crippen LogP contribution is 2.42. The molecule has 3 N–H and O–H groups in total. The molecule has 4 aromatic rings. The van der Waals surface area contributed by atoms with Gasteiger partial charge in [-0.25, -0.2) is 0 Å². The number of aryl methyl sites for hydroxylation is 4. The van der Waals surface area contributed by atoms with E-state index in [4.69, 9.17) is 14.3 Å². The summed E-state index contributed by atoms with van der Waals surface area (Å²) in [5.74, 6) is 2.54. The number of anilines is 1. The Morgan fingerprint density at radius 2 is 1.94 bits per heavy atom. The van der Waals surface area contributed by atoms with Gasteiger partial charge in [-0.05, 0) is 45.7 Å². The molecule has 1 aliphatic carbocycles. The van der Waals surface area contributed by atoms with Gasteiger partial charge < -0.3 is 24.5 Å². The molecule has 0 saturated carbocycles. The van der Waals surface area contributed by atoms with Gasteiger partial charge in [-0.2, -0.15) is 0 Å². The predicted molar refractivity (Wildman–Crippen MR) is 127 cm³/mol. The molecule has 0 radical (unpaired) electrons. The predicted octanol–water partition coefficient (Wildman–Crippen LogP) is 5.26. The molecule has 0 bridgehead atoms. The van der Waals surface area contributed by atoms with Crippen molar-refractivity contribution in [2.45, 2.75) is 33.6 Å². The molecule has 4 heterocycles. The van der Waals surface area contributed by atoms with Gasteiger partial charge in [0.05, 0.1) is 29.6 Å². The summed E-state index contributed by atoms with van der Waals surface area (Å²) < 4.78 is 11.2. The van der Waals surface area contributed by atoms with E-state index in [9.17, 15) is 0 Å². The zero-order valence-electron chi connectivity index (χ0n) is 18.6. The molecule has 1 aliphatic heterocycles. The smallest absolute Gasteiger partial charge is 0.141 e. The first kappa shape index (κ1) is 19.0. The average molecular weight is 428 g/mol. The quantitative estimate of drug-likeness (QED) is 0.416. The van der Waals surface area contributed by atoms with Crippen LogP contribution in [-0.4, -0.2) is 34.6 Å². The molecule has 1 aromatic carbocycles. The van der Waals surface area contributed by atoms with Gasteiger partial charge in [0, 0.05) is 39.0 Å². The second kappa shape index (κ2) is 6.88. The number of ether oxygens (including phenoxy) is 1. The molecule has 0 amide bonds. The van der Waals surface area contributed by atoms with Crippen molar-refractivity contribution >= 4 is 28.5 Å². The van der Waals surface area contributed by atoms with Crippen LogP contribution in [0.4, 0.5) is 5.82 Å². The second-order valence-corrected chi connectivity index (χ2v) is 8.47. The fraction of sp³-hybridized carbons (Fsp3) is 0.280. The van der Waals surface area contributed by atoms with E-state index in [1.807, 2.05) is 13.8 Å². The lowest BCUT2D eigenvalue weighted by molar-refractivity contribution is 0.393. The fourth-order valence-electron chi connectivity index (χ4n) is 5.14. The number of fused-ring (bicyclic) bond motifs is 4. The normalized spacial score (nSPS) is 14.8. The van der Waals surface area contributed by atoms with Crippen molar-refractivity contribution in [3.63, 3.8) is 0 Å². The van der Waals surface area contributed by atoms with Crippen LogP contribution in [0.5, 0.6) is 5.75 Å². The number of aromatic amines is 2. The van der Waals surface area contributed by atoms with Crippen LogP contribution < -0.4 is 10.1 Å². The molecule has 0 saturated heterocycles. The lowest BCUT2D eigenvalue weighted by Crippen LogP contribution is -2.17. The van der Waals surface area contributed by atoms with Gasteiger partial charge >= 0.3 is 0 Å². The van der Waals surface area contributed by atoms with Crippen molar-refractivity contribution in [1.29, 1.82) is 0 Å². The number of aromatic nitrogens is 3. The summed E-state index contributed by atoms with van der Waals surface area (Å²) in [5.41, 5.74) is 10.8. The number of hydrogen-bond donors (Lipinski definition) is 3. The molecule has 7 heteroatoms. The molecule has 3 aromatic heterocycles. The minimum Gasteiger partial charge on any atom is -0.496 e. The van der Waals surface area contributed by atoms with Crippen LogP contribution in [0, 0.1) is 20.8 Å². The standard InChI is InChI=1S/C25H25N5O2/c1-12-22(15-7-5-6-8-18(15)28-12)24-23-16-10-20(31-4)17(21-13(2)30-32-14(21)3)9-19(16)29-25(23)27-11-26-24/h5,7,9-10,27-29H,6,8,11H2,1-4H3. The lowest BCUT2D eigenvalue weighted by atomic mass is 9.92. The van der Waals surface area contributed by atoms with Crippen molar-refractivity contribution in [3.05, 3.63) is 57.7 Å². The van der Waals surface area contributed by atoms with Gasteiger partial charge in [-0.1, -0.05) is 17.3 Å². The van der Waals surface area contributed by atoms with Crippen LogP contribution in [-0.2, 0) is 6.42 Å². The largest absolute Gasteiger partial charge is 0.496 e. The summed E-state index contributed by atoms with van der Waals surface area (Å²) >= 11 is 0. The Balaban J connectivity index is 1.59. The lowest BCUT2D eigenvalue weighted by Gasteiger charge is -2.17. The number of methoxy groups -OCH3 is 1. The van der Waals surface area contributed by atoms with Crippen molar-refractivity contribution in [1.82, 2.24) is 15.1 Å². The molecule has 0 fully saturated rings. The van der Waals surface area contributed by atoms with Crippen LogP contribution >= 0.6 is 0 Å². The third-order valence-corrected chi connectivity index (χ3v) is 6.54. The van der Waals surface area contributed by atoms with Gasteiger partial charge in [-0.3, -0.25) is 4.99 Å². The van der Waals surface area contributed by atoms with Crippen molar-refractivity contribution in [2.75, 3.05) is 19.1 Å². The van der Waals surface area contributed by atoms with Gasteiger partial charge in [-0.15, -0.1) is 0 Å². The number of rotatable bonds is 3. The summed E-state index contributed by atoms with van der Waals surface area (Å²) in [6.45, 7) is 6.55. The highest BCUT2D eigenvalue weighted by molar-refractivity contribution is 6.25. The molecular weight excluding hydrogens is 402 g/mol. The van der Waals surface area contributed by atoms with Gasteiger partial charge in [0.25, 0.3) is 0 Å². The molecule has 7 nitrogen and oxygen atoms in total. The van der Waals surface area contributed by atoms with Gasteiger partial charge in [0.1, 0.15) is 24.0 Å².